The van der Waals surface area contributed by atoms with Crippen LogP contribution in [0.4, 0.5) is 11.5 Å². The first-order valence-electron chi connectivity index (χ1n) is 6.94. The highest BCUT2D eigenvalue weighted by Crippen LogP contribution is 2.33. The van der Waals surface area contributed by atoms with E-state index < -0.39 is 0 Å². The lowest BCUT2D eigenvalue weighted by Gasteiger charge is -2.19. The van der Waals surface area contributed by atoms with Crippen molar-refractivity contribution in [1.29, 1.82) is 0 Å². The van der Waals surface area contributed by atoms with Crippen molar-refractivity contribution in [3.8, 4) is 11.6 Å². The number of aryl methyl sites for hydroxylation is 1. The molecule has 0 atom stereocenters. The van der Waals surface area contributed by atoms with Crippen molar-refractivity contribution in [1.82, 2.24) is 9.97 Å². The summed E-state index contributed by atoms with van der Waals surface area (Å²) >= 11 is 6.01. The Kier molecular flexibility index (Phi) is 3.84. The molecule has 0 saturated carbocycles. The molecule has 1 saturated heterocycles. The van der Waals surface area contributed by atoms with Crippen molar-refractivity contribution in [2.75, 3.05) is 23.7 Å². The van der Waals surface area contributed by atoms with Gasteiger partial charge in [-0.3, -0.25) is 0 Å². The van der Waals surface area contributed by atoms with Gasteiger partial charge in [0.25, 0.3) is 0 Å². The molecular formula is C15H17ClN4O. The van der Waals surface area contributed by atoms with Crippen LogP contribution in [0.5, 0.6) is 11.6 Å². The zero-order valence-corrected chi connectivity index (χ0v) is 12.6. The molecule has 5 nitrogen and oxygen atoms in total. The third-order valence-corrected chi connectivity index (χ3v) is 4.00. The molecule has 21 heavy (non-hydrogen) atoms. The van der Waals surface area contributed by atoms with Crippen LogP contribution in [0.1, 0.15) is 18.4 Å². The Balaban J connectivity index is 1.88. The van der Waals surface area contributed by atoms with Crippen LogP contribution in [-0.4, -0.2) is 23.1 Å². The molecule has 1 fully saturated rings. The number of hydrogen-bond donors (Lipinski definition) is 1. The first-order valence-corrected chi connectivity index (χ1v) is 7.32. The summed E-state index contributed by atoms with van der Waals surface area (Å²) in [7, 11) is 0. The van der Waals surface area contributed by atoms with Crippen LogP contribution in [0.15, 0.2) is 24.5 Å². The molecule has 6 heteroatoms. The van der Waals surface area contributed by atoms with Gasteiger partial charge in [-0.2, -0.15) is 4.98 Å². The van der Waals surface area contributed by atoms with Gasteiger partial charge in [0, 0.05) is 18.1 Å². The zero-order chi connectivity index (χ0) is 14.8. The van der Waals surface area contributed by atoms with Crippen LogP contribution in [0, 0.1) is 6.92 Å². The fourth-order valence-electron chi connectivity index (χ4n) is 2.43. The van der Waals surface area contributed by atoms with Crippen molar-refractivity contribution in [3.63, 3.8) is 0 Å². The molecule has 0 radical (unpaired) electrons. The number of nitrogens with two attached hydrogens (primary N) is 1. The van der Waals surface area contributed by atoms with Gasteiger partial charge in [0.2, 0.25) is 5.88 Å². The van der Waals surface area contributed by atoms with Crippen LogP contribution in [0.3, 0.4) is 0 Å². The number of halogens is 1. The molecule has 0 bridgehead atoms. The Morgan fingerprint density at radius 2 is 2.00 bits per heavy atom. The van der Waals surface area contributed by atoms with Gasteiger partial charge in [0.1, 0.15) is 17.8 Å². The van der Waals surface area contributed by atoms with E-state index >= 15 is 0 Å². The second-order valence-corrected chi connectivity index (χ2v) is 5.53. The Labute approximate surface area is 128 Å². The van der Waals surface area contributed by atoms with E-state index in [9.17, 15) is 0 Å². The van der Waals surface area contributed by atoms with Crippen molar-refractivity contribution >= 4 is 23.1 Å². The highest BCUT2D eigenvalue weighted by molar-refractivity contribution is 6.31. The lowest BCUT2D eigenvalue weighted by Crippen LogP contribution is -2.20. The summed E-state index contributed by atoms with van der Waals surface area (Å²) in [6.07, 6.45) is 3.81. The standard InChI is InChI=1S/C15H17ClN4O/c1-10-8-11(4-5-12(10)16)21-15-13(17)14(18-9-19-15)20-6-2-3-7-20/h4-5,8-9H,2-3,6-7,17H2,1H3. The first-order chi connectivity index (χ1) is 10.1. The third kappa shape index (κ3) is 2.88. The Hall–Kier alpha value is -2.01. The predicted octanol–water partition coefficient (Wildman–Crippen LogP) is 3.41. The first kappa shape index (κ1) is 13.9. The highest BCUT2D eigenvalue weighted by atomic mass is 35.5. The van der Waals surface area contributed by atoms with Gasteiger partial charge in [-0.05, 0) is 43.5 Å². The molecule has 3 rings (SSSR count). The number of hydrogen-bond acceptors (Lipinski definition) is 5. The predicted molar refractivity (Wildman–Crippen MR) is 84.2 cm³/mol. The fraction of sp³-hybridized carbons (Fsp3) is 0.333. The molecule has 0 amide bonds. The number of benzene rings is 1. The largest absolute Gasteiger partial charge is 0.437 e. The molecular weight excluding hydrogens is 288 g/mol. The lowest BCUT2D eigenvalue weighted by atomic mass is 10.2. The molecule has 1 aromatic carbocycles. The minimum Gasteiger partial charge on any atom is -0.437 e. The van der Waals surface area contributed by atoms with Crippen molar-refractivity contribution in [2.24, 2.45) is 0 Å². The van der Waals surface area contributed by atoms with E-state index in [2.05, 4.69) is 14.9 Å². The zero-order valence-electron chi connectivity index (χ0n) is 11.8. The molecule has 2 N–H and O–H groups in total. The second kappa shape index (κ2) is 5.77. The average molecular weight is 305 g/mol. The highest BCUT2D eigenvalue weighted by Gasteiger charge is 2.19. The number of rotatable bonds is 3. The summed E-state index contributed by atoms with van der Waals surface area (Å²) in [5, 5.41) is 0.704. The van der Waals surface area contributed by atoms with Gasteiger partial charge in [-0.25, -0.2) is 4.98 Å². The second-order valence-electron chi connectivity index (χ2n) is 5.12. The molecule has 110 valence electrons. The van der Waals surface area contributed by atoms with Crippen molar-refractivity contribution in [3.05, 3.63) is 35.1 Å². The monoisotopic (exact) mass is 304 g/mol. The average Bonchev–Trinajstić information content (AvgIpc) is 2.99. The molecule has 0 unspecified atom stereocenters. The van der Waals surface area contributed by atoms with Gasteiger partial charge >= 0.3 is 0 Å². The maximum absolute atomic E-state index is 6.16. The molecule has 0 aliphatic carbocycles. The van der Waals surface area contributed by atoms with Crippen LogP contribution in [-0.2, 0) is 0 Å². The van der Waals surface area contributed by atoms with E-state index in [0.717, 1.165) is 37.3 Å². The van der Waals surface area contributed by atoms with Gasteiger partial charge in [-0.15, -0.1) is 0 Å². The number of nitrogen functional groups attached to an aromatic ring is 1. The Morgan fingerprint density at radius 3 is 2.71 bits per heavy atom. The minimum absolute atomic E-state index is 0.383. The van der Waals surface area contributed by atoms with E-state index in [4.69, 9.17) is 22.1 Å². The maximum Gasteiger partial charge on any atom is 0.248 e. The van der Waals surface area contributed by atoms with E-state index in [-0.39, 0.29) is 0 Å². The van der Waals surface area contributed by atoms with Crippen LogP contribution < -0.4 is 15.4 Å². The summed E-state index contributed by atoms with van der Waals surface area (Å²) in [4.78, 5) is 10.6. The summed E-state index contributed by atoms with van der Waals surface area (Å²) in [5.41, 5.74) is 7.59. The quantitative estimate of drug-likeness (QED) is 0.941. The fourth-order valence-corrected chi connectivity index (χ4v) is 2.54. The molecule has 1 aliphatic rings. The summed E-state index contributed by atoms with van der Waals surface area (Å²) in [6, 6.07) is 5.46. The number of aromatic nitrogens is 2. The number of nitrogens with zero attached hydrogens (tertiary/aromatic N) is 3. The van der Waals surface area contributed by atoms with Crippen molar-refractivity contribution < 1.29 is 4.74 Å². The summed E-state index contributed by atoms with van der Waals surface area (Å²) < 4.78 is 5.78. The smallest absolute Gasteiger partial charge is 0.248 e. The van der Waals surface area contributed by atoms with E-state index in [1.165, 1.54) is 6.33 Å². The molecule has 1 aliphatic heterocycles. The van der Waals surface area contributed by atoms with Crippen LogP contribution in [0.25, 0.3) is 0 Å². The molecule has 2 heterocycles. The van der Waals surface area contributed by atoms with Crippen molar-refractivity contribution in [2.45, 2.75) is 19.8 Å². The Morgan fingerprint density at radius 1 is 1.24 bits per heavy atom. The van der Waals surface area contributed by atoms with Gasteiger partial charge in [0.15, 0.2) is 5.82 Å². The minimum atomic E-state index is 0.383. The van der Waals surface area contributed by atoms with Gasteiger partial charge in [0.05, 0.1) is 0 Å². The maximum atomic E-state index is 6.16. The van der Waals surface area contributed by atoms with E-state index in [1.807, 2.05) is 13.0 Å². The van der Waals surface area contributed by atoms with E-state index in [1.54, 1.807) is 12.1 Å². The van der Waals surface area contributed by atoms with E-state index in [0.29, 0.717) is 22.3 Å². The normalized spacial score (nSPS) is 14.5. The summed E-state index contributed by atoms with van der Waals surface area (Å²) in [6.45, 7) is 3.87. The summed E-state index contributed by atoms with van der Waals surface area (Å²) in [5.74, 6) is 1.80. The molecule has 1 aromatic heterocycles. The lowest BCUT2D eigenvalue weighted by molar-refractivity contribution is 0.464. The molecule has 0 spiro atoms. The SMILES string of the molecule is Cc1cc(Oc2ncnc(N3CCCC3)c2N)ccc1Cl. The number of anilines is 2. The molecule has 2 aromatic rings. The van der Waals surface area contributed by atoms with Gasteiger partial charge in [-0.1, -0.05) is 11.6 Å². The van der Waals surface area contributed by atoms with Gasteiger partial charge < -0.3 is 15.4 Å². The van der Waals surface area contributed by atoms with Crippen LogP contribution in [0.2, 0.25) is 5.02 Å². The topological polar surface area (TPSA) is 64.3 Å². The number of ether oxygens (including phenoxy) is 1. The third-order valence-electron chi connectivity index (χ3n) is 3.58. The van der Waals surface area contributed by atoms with Crippen LogP contribution >= 0.6 is 11.6 Å². The Bertz CT molecular complexity index is 656.